The monoisotopic (exact) mass is 157 g/mol. The van der Waals surface area contributed by atoms with Crippen molar-refractivity contribution in [1.29, 1.82) is 5.26 Å². The summed E-state index contributed by atoms with van der Waals surface area (Å²) < 4.78 is 5.24. The fourth-order valence-electron chi connectivity index (χ4n) is 1.30. The molecule has 2 heteroatoms. The van der Waals surface area contributed by atoms with Crippen molar-refractivity contribution in [1.82, 2.24) is 0 Å². The van der Waals surface area contributed by atoms with Gasteiger partial charge in [-0.25, -0.2) is 0 Å². The van der Waals surface area contributed by atoms with Gasteiger partial charge in [0.1, 0.15) is 5.58 Å². The molecule has 2 aromatic rings. The third-order valence-electron chi connectivity index (χ3n) is 1.99. The SMILES string of the molecule is Cc1c(C#N)ccc2ccoc12. The van der Waals surface area contributed by atoms with E-state index in [-0.39, 0.29) is 0 Å². The van der Waals surface area contributed by atoms with Gasteiger partial charge >= 0.3 is 0 Å². The smallest absolute Gasteiger partial charge is 0.138 e. The summed E-state index contributed by atoms with van der Waals surface area (Å²) in [6, 6.07) is 7.72. The van der Waals surface area contributed by atoms with Crippen LogP contribution >= 0.6 is 0 Å². The Morgan fingerprint density at radius 1 is 1.33 bits per heavy atom. The second kappa shape index (κ2) is 2.38. The van der Waals surface area contributed by atoms with Crippen molar-refractivity contribution >= 4 is 11.0 Å². The summed E-state index contributed by atoms with van der Waals surface area (Å²) >= 11 is 0. The molecule has 2 rings (SSSR count). The third kappa shape index (κ3) is 0.802. The van der Waals surface area contributed by atoms with Gasteiger partial charge in [-0.15, -0.1) is 0 Å². The Labute approximate surface area is 70.0 Å². The van der Waals surface area contributed by atoms with Crippen molar-refractivity contribution in [3.63, 3.8) is 0 Å². The van der Waals surface area contributed by atoms with Crippen LogP contribution in [0.25, 0.3) is 11.0 Å². The van der Waals surface area contributed by atoms with Crippen LogP contribution in [0.15, 0.2) is 28.9 Å². The van der Waals surface area contributed by atoms with E-state index in [9.17, 15) is 0 Å². The molecule has 1 aromatic carbocycles. The first kappa shape index (κ1) is 6.93. The molecule has 0 atom stereocenters. The molecule has 0 unspecified atom stereocenters. The van der Waals surface area contributed by atoms with Crippen LogP contribution in [0.5, 0.6) is 0 Å². The second-order valence-electron chi connectivity index (χ2n) is 2.69. The number of hydrogen-bond acceptors (Lipinski definition) is 2. The summed E-state index contributed by atoms with van der Waals surface area (Å²) in [5.41, 5.74) is 2.41. The van der Waals surface area contributed by atoms with E-state index >= 15 is 0 Å². The molecule has 0 bridgehead atoms. The number of hydrogen-bond donors (Lipinski definition) is 0. The van der Waals surface area contributed by atoms with Gasteiger partial charge < -0.3 is 4.42 Å². The predicted molar refractivity (Wildman–Crippen MR) is 45.7 cm³/mol. The van der Waals surface area contributed by atoms with Gasteiger partial charge in [0.2, 0.25) is 0 Å². The molecule has 0 spiro atoms. The normalized spacial score (nSPS) is 10.0. The van der Waals surface area contributed by atoms with E-state index < -0.39 is 0 Å². The highest BCUT2D eigenvalue weighted by molar-refractivity contribution is 5.82. The maximum absolute atomic E-state index is 8.72. The Balaban J connectivity index is 2.89. The Morgan fingerprint density at radius 2 is 2.17 bits per heavy atom. The molecule has 0 saturated heterocycles. The molecule has 0 aliphatic rings. The van der Waals surface area contributed by atoms with Crippen molar-refractivity contribution in [3.05, 3.63) is 35.6 Å². The van der Waals surface area contributed by atoms with Gasteiger partial charge in [0.05, 0.1) is 17.9 Å². The zero-order chi connectivity index (χ0) is 8.55. The van der Waals surface area contributed by atoms with Crippen LogP contribution in [-0.2, 0) is 0 Å². The van der Waals surface area contributed by atoms with E-state index in [4.69, 9.17) is 9.68 Å². The molecule has 12 heavy (non-hydrogen) atoms. The van der Waals surface area contributed by atoms with Gasteiger partial charge in [0, 0.05) is 10.9 Å². The summed E-state index contributed by atoms with van der Waals surface area (Å²) in [5, 5.41) is 9.77. The van der Waals surface area contributed by atoms with E-state index in [2.05, 4.69) is 6.07 Å². The maximum atomic E-state index is 8.72. The predicted octanol–water partition coefficient (Wildman–Crippen LogP) is 2.61. The number of fused-ring (bicyclic) bond motifs is 1. The molecule has 0 saturated carbocycles. The number of rotatable bonds is 0. The molecule has 0 radical (unpaired) electrons. The highest BCUT2D eigenvalue weighted by atomic mass is 16.3. The standard InChI is InChI=1S/C10H7NO/c1-7-9(6-11)3-2-8-4-5-12-10(7)8/h2-5H,1H3. The minimum absolute atomic E-state index is 0.678. The van der Waals surface area contributed by atoms with E-state index in [0.29, 0.717) is 5.56 Å². The Hall–Kier alpha value is -1.75. The van der Waals surface area contributed by atoms with Crippen LogP contribution in [0.1, 0.15) is 11.1 Å². The Morgan fingerprint density at radius 3 is 2.92 bits per heavy atom. The van der Waals surface area contributed by atoms with Crippen molar-refractivity contribution in [3.8, 4) is 6.07 Å². The average molecular weight is 157 g/mol. The van der Waals surface area contributed by atoms with Crippen LogP contribution in [0.4, 0.5) is 0 Å². The number of furan rings is 1. The van der Waals surface area contributed by atoms with Crippen LogP contribution in [0.2, 0.25) is 0 Å². The summed E-state index contributed by atoms with van der Waals surface area (Å²) in [7, 11) is 0. The third-order valence-corrected chi connectivity index (χ3v) is 1.99. The molecule has 0 fully saturated rings. The maximum Gasteiger partial charge on any atom is 0.138 e. The Bertz CT molecular complexity index is 462. The average Bonchev–Trinajstić information content (AvgIpc) is 2.53. The molecule has 0 amide bonds. The van der Waals surface area contributed by atoms with Crippen molar-refractivity contribution in [2.75, 3.05) is 0 Å². The quantitative estimate of drug-likeness (QED) is 0.589. The van der Waals surface area contributed by atoms with Gasteiger partial charge in [-0.2, -0.15) is 5.26 Å². The first-order valence-electron chi connectivity index (χ1n) is 3.70. The number of nitrogens with zero attached hydrogens (tertiary/aromatic N) is 1. The molecule has 2 nitrogen and oxygen atoms in total. The van der Waals surface area contributed by atoms with Crippen LogP contribution in [0, 0.1) is 18.3 Å². The Kier molecular flexibility index (Phi) is 1.38. The fourth-order valence-corrected chi connectivity index (χ4v) is 1.30. The van der Waals surface area contributed by atoms with E-state index in [1.54, 1.807) is 6.26 Å². The molecule has 0 N–H and O–H groups in total. The van der Waals surface area contributed by atoms with Crippen LogP contribution in [-0.4, -0.2) is 0 Å². The topological polar surface area (TPSA) is 36.9 Å². The van der Waals surface area contributed by atoms with Crippen molar-refractivity contribution in [2.24, 2.45) is 0 Å². The lowest BCUT2D eigenvalue weighted by Crippen LogP contribution is -1.80. The fraction of sp³-hybridized carbons (Fsp3) is 0.100. The molecule has 58 valence electrons. The van der Waals surface area contributed by atoms with E-state index in [1.165, 1.54) is 0 Å². The van der Waals surface area contributed by atoms with E-state index in [1.807, 2.05) is 25.1 Å². The zero-order valence-electron chi connectivity index (χ0n) is 6.66. The minimum atomic E-state index is 0.678. The van der Waals surface area contributed by atoms with Gasteiger partial charge in [-0.1, -0.05) is 0 Å². The first-order chi connectivity index (χ1) is 5.83. The number of nitriles is 1. The lowest BCUT2D eigenvalue weighted by Gasteiger charge is -1.95. The minimum Gasteiger partial charge on any atom is -0.464 e. The van der Waals surface area contributed by atoms with Gasteiger partial charge in [0.25, 0.3) is 0 Å². The number of aryl methyl sites for hydroxylation is 1. The van der Waals surface area contributed by atoms with Gasteiger partial charge in [0.15, 0.2) is 0 Å². The highest BCUT2D eigenvalue weighted by Gasteiger charge is 2.04. The van der Waals surface area contributed by atoms with Gasteiger partial charge in [-0.05, 0) is 25.1 Å². The molecular formula is C10H7NO. The summed E-state index contributed by atoms with van der Waals surface area (Å²) in [5.74, 6) is 0. The summed E-state index contributed by atoms with van der Waals surface area (Å²) in [6.45, 7) is 1.89. The zero-order valence-corrected chi connectivity index (χ0v) is 6.66. The summed E-state index contributed by atoms with van der Waals surface area (Å²) in [6.07, 6.45) is 1.64. The molecule has 0 aliphatic carbocycles. The van der Waals surface area contributed by atoms with Crippen LogP contribution in [0.3, 0.4) is 0 Å². The largest absolute Gasteiger partial charge is 0.464 e. The lowest BCUT2D eigenvalue weighted by atomic mass is 10.1. The number of benzene rings is 1. The molecule has 1 heterocycles. The van der Waals surface area contributed by atoms with Crippen LogP contribution < -0.4 is 0 Å². The van der Waals surface area contributed by atoms with Crippen molar-refractivity contribution in [2.45, 2.75) is 6.92 Å². The first-order valence-corrected chi connectivity index (χ1v) is 3.70. The highest BCUT2D eigenvalue weighted by Crippen LogP contribution is 2.21. The van der Waals surface area contributed by atoms with Crippen molar-refractivity contribution < 1.29 is 4.42 Å². The lowest BCUT2D eigenvalue weighted by molar-refractivity contribution is 0.613. The molecular weight excluding hydrogens is 150 g/mol. The second-order valence-corrected chi connectivity index (χ2v) is 2.69. The summed E-state index contributed by atoms with van der Waals surface area (Å²) in [4.78, 5) is 0. The molecule has 1 aromatic heterocycles. The molecule has 0 aliphatic heterocycles. The van der Waals surface area contributed by atoms with E-state index in [0.717, 1.165) is 16.5 Å². The van der Waals surface area contributed by atoms with Gasteiger partial charge in [-0.3, -0.25) is 0 Å².